The molecule has 4 heterocycles. The summed E-state index contributed by atoms with van der Waals surface area (Å²) in [6, 6.07) is 43.6. The molecule has 0 saturated carbocycles. The smallest absolute Gasteiger partial charge is 0.224 e. The largest absolute Gasteiger partial charge is 0.309 e. The quantitative estimate of drug-likeness (QED) is 0.181. The van der Waals surface area contributed by atoms with Gasteiger partial charge in [0.05, 0.1) is 16.7 Å². The second-order valence-corrected chi connectivity index (χ2v) is 13.5. The Kier molecular flexibility index (Phi) is 5.09. The highest BCUT2D eigenvalue weighted by Gasteiger charge is 2.22. The summed E-state index contributed by atoms with van der Waals surface area (Å²) in [5, 5.41) is 10.3. The lowest BCUT2D eigenvalue weighted by atomic mass is 9.99. The predicted molar refractivity (Wildman–Crippen MR) is 190 cm³/mol. The number of hydrogen-bond donors (Lipinski definition) is 0. The first-order valence-electron chi connectivity index (χ1n) is 14.5. The molecular formula is C38H20ClN3S2. The molecule has 0 aliphatic rings. The third kappa shape index (κ3) is 3.32. The van der Waals surface area contributed by atoms with Crippen LogP contribution in [0.3, 0.4) is 0 Å². The molecule has 0 bridgehead atoms. The lowest BCUT2D eigenvalue weighted by Gasteiger charge is -2.12. The van der Waals surface area contributed by atoms with Crippen molar-refractivity contribution in [2.45, 2.75) is 0 Å². The number of fused-ring (bicyclic) bond motifs is 13. The lowest BCUT2D eigenvalue weighted by Crippen LogP contribution is -1.95. The fourth-order valence-corrected chi connectivity index (χ4v) is 9.54. The molecule has 44 heavy (non-hydrogen) atoms. The second kappa shape index (κ2) is 9.10. The highest BCUT2D eigenvalue weighted by atomic mass is 35.5. The van der Waals surface area contributed by atoms with E-state index in [0.717, 1.165) is 32.5 Å². The Labute approximate surface area is 264 Å². The number of hydrogen-bond acceptors (Lipinski definition) is 4. The maximum absolute atomic E-state index is 6.46. The number of nitrogens with zero attached hydrogens (tertiary/aromatic N) is 3. The average molecular weight is 618 g/mol. The van der Waals surface area contributed by atoms with Gasteiger partial charge in [0.25, 0.3) is 0 Å². The minimum atomic E-state index is 0.268. The summed E-state index contributed by atoms with van der Waals surface area (Å²) < 4.78 is 6.27. The molecule has 0 aliphatic carbocycles. The van der Waals surface area contributed by atoms with Crippen LogP contribution < -0.4 is 0 Å². The Bertz CT molecular complexity index is 2790. The first-order chi connectivity index (χ1) is 21.7. The van der Waals surface area contributed by atoms with Crippen LogP contribution in [0.15, 0.2) is 121 Å². The van der Waals surface area contributed by atoms with Gasteiger partial charge in [-0.1, -0.05) is 91.0 Å². The molecule has 0 aliphatic heterocycles. The van der Waals surface area contributed by atoms with Crippen molar-refractivity contribution in [1.29, 1.82) is 0 Å². The van der Waals surface area contributed by atoms with Crippen LogP contribution in [-0.4, -0.2) is 14.5 Å². The average Bonchev–Trinajstić information content (AvgIpc) is 3.74. The molecule has 6 heteroatoms. The first-order valence-corrected chi connectivity index (χ1v) is 16.5. The van der Waals surface area contributed by atoms with Gasteiger partial charge >= 0.3 is 0 Å². The Morgan fingerprint density at radius 2 is 1.14 bits per heavy atom. The molecule has 0 amide bonds. The van der Waals surface area contributed by atoms with Crippen LogP contribution in [0.5, 0.6) is 0 Å². The van der Waals surface area contributed by atoms with Gasteiger partial charge in [0.1, 0.15) is 4.83 Å². The molecule has 0 fully saturated rings. The van der Waals surface area contributed by atoms with Crippen LogP contribution in [0, 0.1) is 0 Å². The number of aromatic nitrogens is 3. The van der Waals surface area contributed by atoms with Gasteiger partial charge in [0.2, 0.25) is 5.28 Å². The molecular weight excluding hydrogens is 598 g/mol. The van der Waals surface area contributed by atoms with Gasteiger partial charge in [0.15, 0.2) is 0 Å². The normalized spacial score (nSPS) is 12.2. The van der Waals surface area contributed by atoms with Gasteiger partial charge in [0, 0.05) is 63.1 Å². The molecule has 0 atom stereocenters. The van der Waals surface area contributed by atoms with Gasteiger partial charge in [-0.2, -0.15) is 0 Å². The standard InChI is InChI=1S/C38H20ClN3S2/c39-38-40-34(32-27-13-5-8-16-30(27)44-37(32)41-38)21-17-19-22(20-18-21)42-28-14-6-3-11-25(28)33-35(42)24-10-2-1-9-23(24)31-26-12-4-7-15-29(26)43-36(31)33/h1-20H. The van der Waals surface area contributed by atoms with E-state index >= 15 is 0 Å². The summed E-state index contributed by atoms with van der Waals surface area (Å²) in [4.78, 5) is 10.2. The van der Waals surface area contributed by atoms with Crippen molar-refractivity contribution >= 4 is 107 Å². The van der Waals surface area contributed by atoms with Crippen molar-refractivity contribution in [3.8, 4) is 16.9 Å². The molecule has 0 unspecified atom stereocenters. The predicted octanol–water partition coefficient (Wildman–Crippen LogP) is 11.8. The molecule has 206 valence electrons. The number of benzene rings is 6. The number of thiophene rings is 2. The lowest BCUT2D eigenvalue weighted by molar-refractivity contribution is 1.18. The van der Waals surface area contributed by atoms with Gasteiger partial charge in [-0.15, -0.1) is 22.7 Å². The van der Waals surface area contributed by atoms with E-state index in [0.29, 0.717) is 0 Å². The molecule has 10 rings (SSSR count). The van der Waals surface area contributed by atoms with Crippen LogP contribution in [0.25, 0.3) is 90.0 Å². The Hall–Kier alpha value is -4.81. The number of rotatable bonds is 2. The zero-order chi connectivity index (χ0) is 28.9. The van der Waals surface area contributed by atoms with E-state index in [1.54, 1.807) is 11.3 Å². The van der Waals surface area contributed by atoms with Gasteiger partial charge in [-0.3, -0.25) is 0 Å². The van der Waals surface area contributed by atoms with Crippen molar-refractivity contribution in [2.24, 2.45) is 0 Å². The summed E-state index contributed by atoms with van der Waals surface area (Å²) in [6.07, 6.45) is 0. The fraction of sp³-hybridized carbons (Fsp3) is 0. The van der Waals surface area contributed by atoms with Gasteiger partial charge < -0.3 is 4.57 Å². The Balaban J connectivity index is 1.28. The van der Waals surface area contributed by atoms with E-state index in [2.05, 4.69) is 131 Å². The maximum Gasteiger partial charge on any atom is 0.224 e. The highest BCUT2D eigenvalue weighted by Crippen LogP contribution is 2.48. The van der Waals surface area contributed by atoms with Gasteiger partial charge in [-0.05, 0) is 47.3 Å². The third-order valence-electron chi connectivity index (χ3n) is 8.76. The molecule has 0 saturated heterocycles. The van der Waals surface area contributed by atoms with Crippen LogP contribution in [-0.2, 0) is 0 Å². The van der Waals surface area contributed by atoms with Crippen molar-refractivity contribution in [3.63, 3.8) is 0 Å². The van der Waals surface area contributed by atoms with Crippen LogP contribution >= 0.6 is 34.3 Å². The molecule has 6 aromatic carbocycles. The zero-order valence-corrected chi connectivity index (χ0v) is 25.5. The fourth-order valence-electron chi connectivity index (χ4n) is 6.96. The summed E-state index contributed by atoms with van der Waals surface area (Å²) >= 11 is 10.0. The Morgan fingerprint density at radius 1 is 0.523 bits per heavy atom. The molecule has 4 aromatic heterocycles. The van der Waals surface area contributed by atoms with Crippen molar-refractivity contribution in [1.82, 2.24) is 14.5 Å². The van der Waals surface area contributed by atoms with E-state index in [1.807, 2.05) is 11.3 Å². The van der Waals surface area contributed by atoms with E-state index in [9.17, 15) is 0 Å². The molecule has 3 nitrogen and oxygen atoms in total. The summed E-state index contributed by atoms with van der Waals surface area (Å²) in [5.41, 5.74) is 5.43. The minimum absolute atomic E-state index is 0.268. The van der Waals surface area contributed by atoms with Crippen molar-refractivity contribution in [2.75, 3.05) is 0 Å². The summed E-state index contributed by atoms with van der Waals surface area (Å²) in [6.45, 7) is 0. The summed E-state index contributed by atoms with van der Waals surface area (Å²) in [5.74, 6) is 0. The highest BCUT2D eigenvalue weighted by molar-refractivity contribution is 7.27. The zero-order valence-electron chi connectivity index (χ0n) is 23.1. The van der Waals surface area contributed by atoms with Crippen molar-refractivity contribution < 1.29 is 0 Å². The number of halogens is 1. The second-order valence-electron chi connectivity index (χ2n) is 11.1. The van der Waals surface area contributed by atoms with Gasteiger partial charge in [-0.25, -0.2) is 9.97 Å². The first kappa shape index (κ1) is 24.6. The molecule has 10 aromatic rings. The minimum Gasteiger partial charge on any atom is -0.309 e. The van der Waals surface area contributed by atoms with E-state index < -0.39 is 0 Å². The molecule has 0 radical (unpaired) electrons. The summed E-state index contributed by atoms with van der Waals surface area (Å²) in [7, 11) is 0. The van der Waals surface area contributed by atoms with Crippen LogP contribution in [0.2, 0.25) is 5.28 Å². The molecule has 0 spiro atoms. The van der Waals surface area contributed by atoms with Crippen LogP contribution in [0.4, 0.5) is 0 Å². The van der Waals surface area contributed by atoms with Crippen LogP contribution in [0.1, 0.15) is 0 Å². The maximum atomic E-state index is 6.46. The van der Waals surface area contributed by atoms with Crippen molar-refractivity contribution in [3.05, 3.63) is 127 Å². The van der Waals surface area contributed by atoms with E-state index in [1.165, 1.54) is 57.5 Å². The van der Waals surface area contributed by atoms with E-state index in [4.69, 9.17) is 16.6 Å². The third-order valence-corrected chi connectivity index (χ3v) is 11.2. The topological polar surface area (TPSA) is 30.7 Å². The SMILES string of the molecule is Clc1nc(-c2ccc(-n3c4ccccc4c4c5sc6ccccc6c5c5ccccc5c43)cc2)c2c(n1)sc1ccccc12. The number of para-hydroxylation sites is 1. The Morgan fingerprint density at radius 3 is 1.91 bits per heavy atom. The monoisotopic (exact) mass is 617 g/mol. The van der Waals surface area contributed by atoms with E-state index in [-0.39, 0.29) is 5.28 Å². The molecule has 0 N–H and O–H groups in total.